The van der Waals surface area contributed by atoms with Crippen LogP contribution in [0.15, 0.2) is 30.3 Å². The summed E-state index contributed by atoms with van der Waals surface area (Å²) in [6.45, 7) is 0. The molecule has 4 nitrogen and oxygen atoms in total. The first-order valence-corrected chi connectivity index (χ1v) is 5.26. The van der Waals surface area contributed by atoms with Crippen molar-refractivity contribution in [2.75, 3.05) is 7.11 Å². The first kappa shape index (κ1) is 12.0. The van der Waals surface area contributed by atoms with Crippen LogP contribution < -0.4 is 0 Å². The third kappa shape index (κ3) is 1.88. The van der Waals surface area contributed by atoms with Crippen molar-refractivity contribution in [3.05, 3.63) is 47.0 Å². The van der Waals surface area contributed by atoms with E-state index < -0.39 is 5.97 Å². The Morgan fingerprint density at radius 1 is 1.11 bits per heavy atom. The predicted octanol–water partition coefficient (Wildman–Crippen LogP) is 2.25. The van der Waals surface area contributed by atoms with E-state index in [1.807, 2.05) is 0 Å². The molecule has 0 aromatic heterocycles. The third-order valence-electron chi connectivity index (χ3n) is 2.74. The van der Waals surface area contributed by atoms with Gasteiger partial charge in [-0.15, -0.1) is 0 Å². The molecule has 0 saturated carbocycles. The van der Waals surface area contributed by atoms with Gasteiger partial charge >= 0.3 is 5.97 Å². The van der Waals surface area contributed by atoms with E-state index in [-0.39, 0.29) is 11.1 Å². The van der Waals surface area contributed by atoms with Crippen LogP contribution >= 0.6 is 0 Å². The highest BCUT2D eigenvalue weighted by atomic mass is 16.5. The summed E-state index contributed by atoms with van der Waals surface area (Å²) in [5.41, 5.74) is 0.888. The quantitative estimate of drug-likeness (QED) is 0.611. The average Bonchev–Trinajstić information content (AvgIpc) is 2.44. The average molecular weight is 242 g/mol. The van der Waals surface area contributed by atoms with Crippen LogP contribution in [0.1, 0.15) is 31.1 Å². The monoisotopic (exact) mass is 242 g/mol. The number of rotatable bonds is 3. The lowest BCUT2D eigenvalue weighted by Gasteiger charge is -2.07. The summed E-state index contributed by atoms with van der Waals surface area (Å²) in [6.07, 6.45) is 1.29. The smallest absolute Gasteiger partial charge is 0.338 e. The van der Waals surface area contributed by atoms with Crippen molar-refractivity contribution in [1.29, 1.82) is 0 Å². The van der Waals surface area contributed by atoms with Crippen LogP contribution in [0.3, 0.4) is 0 Å². The third-order valence-corrected chi connectivity index (χ3v) is 2.74. The summed E-state index contributed by atoms with van der Waals surface area (Å²) >= 11 is 0. The minimum Gasteiger partial charge on any atom is -0.465 e. The minimum absolute atomic E-state index is 0.197. The Balaban J connectivity index is 2.80. The molecule has 4 heteroatoms. The largest absolute Gasteiger partial charge is 0.465 e. The van der Waals surface area contributed by atoms with Gasteiger partial charge in [0.05, 0.1) is 12.7 Å². The number of fused-ring (bicyclic) bond motifs is 1. The molecule has 2 aromatic carbocycles. The van der Waals surface area contributed by atoms with E-state index in [1.165, 1.54) is 13.2 Å². The van der Waals surface area contributed by atoms with Gasteiger partial charge in [0.15, 0.2) is 12.6 Å². The lowest BCUT2D eigenvalue weighted by atomic mass is 9.98. The normalized spacial score (nSPS) is 10.1. The van der Waals surface area contributed by atoms with Gasteiger partial charge in [0.25, 0.3) is 0 Å². The molecule has 90 valence electrons. The maximum Gasteiger partial charge on any atom is 0.338 e. The van der Waals surface area contributed by atoms with Crippen LogP contribution in [0.5, 0.6) is 0 Å². The van der Waals surface area contributed by atoms with Gasteiger partial charge in [-0.1, -0.05) is 18.2 Å². The molecule has 0 spiro atoms. The van der Waals surface area contributed by atoms with Crippen LogP contribution in [0.2, 0.25) is 0 Å². The zero-order valence-electron chi connectivity index (χ0n) is 9.67. The van der Waals surface area contributed by atoms with Crippen molar-refractivity contribution >= 4 is 29.3 Å². The highest BCUT2D eigenvalue weighted by molar-refractivity contribution is 6.06. The van der Waals surface area contributed by atoms with E-state index >= 15 is 0 Å². The maximum atomic E-state index is 11.5. The molecule has 0 saturated heterocycles. The molecule has 18 heavy (non-hydrogen) atoms. The molecule has 0 aliphatic rings. The molecule has 0 heterocycles. The fourth-order valence-electron chi connectivity index (χ4n) is 1.85. The summed E-state index contributed by atoms with van der Waals surface area (Å²) in [6, 6.07) is 8.22. The van der Waals surface area contributed by atoms with Crippen molar-refractivity contribution < 1.29 is 19.1 Å². The second-order valence-electron chi connectivity index (χ2n) is 3.74. The lowest BCUT2D eigenvalue weighted by Crippen LogP contribution is -2.05. The Bertz CT molecular complexity index is 644. The molecule has 0 aliphatic heterocycles. The summed E-state index contributed by atoms with van der Waals surface area (Å²) in [7, 11) is 1.25. The number of methoxy groups -OCH3 is 1. The first-order chi connectivity index (χ1) is 8.71. The maximum absolute atomic E-state index is 11.5. The number of hydrogen-bond acceptors (Lipinski definition) is 4. The molecule has 2 aromatic rings. The summed E-state index contributed by atoms with van der Waals surface area (Å²) in [4.78, 5) is 33.5. The van der Waals surface area contributed by atoms with Gasteiger partial charge in [0, 0.05) is 11.1 Å². The molecule has 0 amide bonds. The molecule has 0 aliphatic carbocycles. The van der Waals surface area contributed by atoms with Crippen molar-refractivity contribution in [3.63, 3.8) is 0 Å². The number of ether oxygens (including phenoxy) is 1. The first-order valence-electron chi connectivity index (χ1n) is 5.26. The molecular formula is C14H10O4. The molecule has 0 fully saturated rings. The molecule has 2 rings (SSSR count). The van der Waals surface area contributed by atoms with Gasteiger partial charge in [0.2, 0.25) is 0 Å². The molecule has 0 bridgehead atoms. The van der Waals surface area contributed by atoms with E-state index in [2.05, 4.69) is 4.74 Å². The minimum atomic E-state index is -0.574. The zero-order valence-corrected chi connectivity index (χ0v) is 9.67. The number of benzene rings is 2. The van der Waals surface area contributed by atoms with Gasteiger partial charge in [-0.3, -0.25) is 9.59 Å². The number of carbonyl (C=O) groups is 3. The summed E-state index contributed by atoms with van der Waals surface area (Å²) < 4.78 is 4.62. The van der Waals surface area contributed by atoms with Gasteiger partial charge in [0.1, 0.15) is 0 Å². The number of aldehydes is 2. The molecular weight excluding hydrogens is 232 g/mol. The summed E-state index contributed by atoms with van der Waals surface area (Å²) in [5.74, 6) is -0.574. The Morgan fingerprint density at radius 3 is 2.44 bits per heavy atom. The Hall–Kier alpha value is -2.49. The van der Waals surface area contributed by atoms with Crippen LogP contribution in [-0.4, -0.2) is 25.7 Å². The van der Waals surface area contributed by atoms with Crippen molar-refractivity contribution in [2.24, 2.45) is 0 Å². The Kier molecular flexibility index (Phi) is 3.19. The molecule has 0 atom stereocenters. The van der Waals surface area contributed by atoms with Gasteiger partial charge < -0.3 is 4.74 Å². The number of carbonyl (C=O) groups excluding carboxylic acids is 3. The van der Waals surface area contributed by atoms with Gasteiger partial charge in [-0.25, -0.2) is 4.79 Å². The van der Waals surface area contributed by atoms with Crippen LogP contribution in [-0.2, 0) is 4.74 Å². The molecule has 0 N–H and O–H groups in total. The van der Waals surface area contributed by atoms with Gasteiger partial charge in [-0.2, -0.15) is 0 Å². The summed E-state index contributed by atoms with van der Waals surface area (Å²) in [5, 5.41) is 1.35. The van der Waals surface area contributed by atoms with Crippen LogP contribution in [0.4, 0.5) is 0 Å². The van der Waals surface area contributed by atoms with E-state index in [0.29, 0.717) is 28.9 Å². The molecule has 0 radical (unpaired) electrons. The van der Waals surface area contributed by atoms with E-state index in [4.69, 9.17) is 0 Å². The highest BCUT2D eigenvalue weighted by Crippen LogP contribution is 2.22. The number of esters is 1. The fourth-order valence-corrected chi connectivity index (χ4v) is 1.85. The fraction of sp³-hybridized carbons (Fsp3) is 0.0714. The van der Waals surface area contributed by atoms with Crippen LogP contribution in [0, 0.1) is 0 Å². The second kappa shape index (κ2) is 4.79. The molecule has 0 unspecified atom stereocenters. The SMILES string of the molecule is COC(=O)c1cc2cccc(C=O)c2cc1C=O. The highest BCUT2D eigenvalue weighted by Gasteiger charge is 2.13. The predicted molar refractivity (Wildman–Crippen MR) is 66.1 cm³/mol. The van der Waals surface area contributed by atoms with Crippen molar-refractivity contribution in [1.82, 2.24) is 0 Å². The Labute approximate surface area is 103 Å². The van der Waals surface area contributed by atoms with Crippen LogP contribution in [0.25, 0.3) is 10.8 Å². The van der Waals surface area contributed by atoms with E-state index in [9.17, 15) is 14.4 Å². The van der Waals surface area contributed by atoms with Gasteiger partial charge in [-0.05, 0) is 22.9 Å². The Morgan fingerprint density at radius 2 is 1.83 bits per heavy atom. The van der Waals surface area contributed by atoms with Crippen molar-refractivity contribution in [2.45, 2.75) is 0 Å². The topological polar surface area (TPSA) is 60.4 Å². The second-order valence-corrected chi connectivity index (χ2v) is 3.74. The number of hydrogen-bond donors (Lipinski definition) is 0. The van der Waals surface area contributed by atoms with Crippen molar-refractivity contribution in [3.8, 4) is 0 Å². The standard InChI is InChI=1S/C14H10O4/c1-18-14(17)13-5-9-3-2-4-10(7-15)12(9)6-11(13)8-16/h2-8H,1H3. The lowest BCUT2D eigenvalue weighted by molar-refractivity contribution is 0.0598. The van der Waals surface area contributed by atoms with E-state index in [1.54, 1.807) is 24.3 Å². The van der Waals surface area contributed by atoms with E-state index in [0.717, 1.165) is 0 Å². The zero-order chi connectivity index (χ0) is 13.1.